The standard InChI is InChI=1S/C15H19NO.C7H12O2/c1-5-14(17)16(15(2,3)4)12-11-13-9-7-6-8-10-13;1-3-5-6-9-7(8)4-2/h5-12H,1H2,2-4H3;4H,2-3,5-6H2,1H3. The topological polar surface area (TPSA) is 46.6 Å². The lowest BCUT2D eigenvalue weighted by Gasteiger charge is -2.31. The van der Waals surface area contributed by atoms with E-state index < -0.39 is 0 Å². The largest absolute Gasteiger partial charge is 0.463 e. The van der Waals surface area contributed by atoms with Crippen molar-refractivity contribution in [2.24, 2.45) is 0 Å². The van der Waals surface area contributed by atoms with Gasteiger partial charge in [0.15, 0.2) is 0 Å². The van der Waals surface area contributed by atoms with Crippen molar-refractivity contribution in [3.63, 3.8) is 0 Å². The van der Waals surface area contributed by atoms with E-state index in [-0.39, 0.29) is 17.4 Å². The Morgan fingerprint density at radius 3 is 2.19 bits per heavy atom. The molecule has 4 nitrogen and oxygen atoms in total. The Kier molecular flexibility index (Phi) is 11.4. The van der Waals surface area contributed by atoms with E-state index in [1.807, 2.05) is 64.1 Å². The lowest BCUT2D eigenvalue weighted by atomic mass is 10.1. The summed E-state index contributed by atoms with van der Waals surface area (Å²) >= 11 is 0. The molecule has 0 saturated carbocycles. The summed E-state index contributed by atoms with van der Waals surface area (Å²) in [6.07, 6.45) is 8.21. The minimum atomic E-state index is -0.330. The molecule has 0 spiro atoms. The molecule has 0 aliphatic heterocycles. The zero-order valence-electron chi connectivity index (χ0n) is 16.4. The predicted octanol–water partition coefficient (Wildman–Crippen LogP) is 4.99. The Hall–Kier alpha value is -2.62. The normalized spacial score (nSPS) is 10.5. The zero-order chi connectivity index (χ0) is 20.0. The van der Waals surface area contributed by atoms with Crippen molar-refractivity contribution in [3.8, 4) is 0 Å². The van der Waals surface area contributed by atoms with E-state index in [0.717, 1.165) is 18.4 Å². The summed E-state index contributed by atoms with van der Waals surface area (Å²) in [4.78, 5) is 23.8. The van der Waals surface area contributed by atoms with Gasteiger partial charge in [-0.05, 0) is 44.9 Å². The van der Waals surface area contributed by atoms with Crippen LogP contribution in [0.2, 0.25) is 0 Å². The number of rotatable bonds is 7. The number of carbonyl (C=O) groups is 2. The third-order valence-corrected chi connectivity index (χ3v) is 3.26. The summed E-state index contributed by atoms with van der Waals surface area (Å²) in [5.41, 5.74) is 0.815. The van der Waals surface area contributed by atoms with Gasteiger partial charge in [-0.1, -0.05) is 56.8 Å². The van der Waals surface area contributed by atoms with Gasteiger partial charge in [0.1, 0.15) is 0 Å². The number of esters is 1. The average Bonchev–Trinajstić information content (AvgIpc) is 2.62. The van der Waals surface area contributed by atoms with Crippen LogP contribution in [0.4, 0.5) is 0 Å². The van der Waals surface area contributed by atoms with E-state index in [0.29, 0.717) is 6.61 Å². The summed E-state index contributed by atoms with van der Waals surface area (Å²) in [7, 11) is 0. The zero-order valence-corrected chi connectivity index (χ0v) is 16.4. The van der Waals surface area contributed by atoms with Crippen LogP contribution in [0.25, 0.3) is 6.08 Å². The van der Waals surface area contributed by atoms with E-state index >= 15 is 0 Å². The quantitative estimate of drug-likeness (QED) is 0.392. The van der Waals surface area contributed by atoms with Crippen LogP contribution in [0.1, 0.15) is 46.1 Å². The highest BCUT2D eigenvalue weighted by Crippen LogP contribution is 2.15. The number of ether oxygens (including phenoxy) is 1. The van der Waals surface area contributed by atoms with Gasteiger partial charge in [0.2, 0.25) is 5.91 Å². The highest BCUT2D eigenvalue weighted by molar-refractivity contribution is 5.88. The van der Waals surface area contributed by atoms with Gasteiger partial charge >= 0.3 is 5.97 Å². The molecule has 0 N–H and O–H groups in total. The van der Waals surface area contributed by atoms with Gasteiger partial charge in [-0.3, -0.25) is 4.79 Å². The molecule has 0 radical (unpaired) electrons. The first-order valence-corrected chi connectivity index (χ1v) is 8.74. The maximum atomic E-state index is 11.7. The lowest BCUT2D eigenvalue weighted by molar-refractivity contribution is -0.137. The molecule has 1 rings (SSSR count). The van der Waals surface area contributed by atoms with Crippen molar-refractivity contribution < 1.29 is 14.3 Å². The summed E-state index contributed by atoms with van der Waals surface area (Å²) in [6, 6.07) is 9.89. The molecule has 0 saturated heterocycles. The second kappa shape index (κ2) is 12.7. The fraction of sp³-hybridized carbons (Fsp3) is 0.364. The highest BCUT2D eigenvalue weighted by atomic mass is 16.5. The molecule has 142 valence electrons. The molecule has 26 heavy (non-hydrogen) atoms. The Morgan fingerprint density at radius 1 is 1.12 bits per heavy atom. The minimum absolute atomic E-state index is 0.0929. The molecule has 1 aromatic carbocycles. The Morgan fingerprint density at radius 2 is 1.73 bits per heavy atom. The smallest absolute Gasteiger partial charge is 0.330 e. The van der Waals surface area contributed by atoms with Crippen LogP contribution in [0, 0.1) is 0 Å². The number of benzene rings is 1. The molecule has 4 heteroatoms. The van der Waals surface area contributed by atoms with Crippen LogP contribution < -0.4 is 0 Å². The molecular formula is C22H31NO3. The molecule has 1 aromatic rings. The van der Waals surface area contributed by atoms with Crippen LogP contribution >= 0.6 is 0 Å². The SMILES string of the molecule is C=CC(=O)N(C=Cc1ccccc1)C(C)(C)C.C=CC(=O)OCCCC. The molecule has 0 heterocycles. The van der Waals surface area contributed by atoms with Gasteiger partial charge in [-0.15, -0.1) is 0 Å². The number of amides is 1. The minimum Gasteiger partial charge on any atom is -0.463 e. The van der Waals surface area contributed by atoms with Crippen LogP contribution in [-0.2, 0) is 14.3 Å². The third kappa shape index (κ3) is 10.3. The van der Waals surface area contributed by atoms with E-state index in [1.54, 1.807) is 11.1 Å². The summed E-state index contributed by atoms with van der Waals surface area (Å²) in [6.45, 7) is 15.3. The second-order valence-electron chi connectivity index (χ2n) is 6.53. The van der Waals surface area contributed by atoms with Crippen molar-refractivity contribution in [1.82, 2.24) is 4.90 Å². The van der Waals surface area contributed by atoms with Gasteiger partial charge in [0.25, 0.3) is 0 Å². The maximum Gasteiger partial charge on any atom is 0.330 e. The van der Waals surface area contributed by atoms with E-state index in [9.17, 15) is 9.59 Å². The number of hydrogen-bond donors (Lipinski definition) is 0. The fourth-order valence-electron chi connectivity index (χ4n) is 1.83. The summed E-state index contributed by atoms with van der Waals surface area (Å²) < 4.78 is 4.67. The first-order valence-electron chi connectivity index (χ1n) is 8.74. The van der Waals surface area contributed by atoms with E-state index in [1.165, 1.54) is 12.2 Å². The van der Waals surface area contributed by atoms with Crippen molar-refractivity contribution in [2.45, 2.75) is 46.1 Å². The van der Waals surface area contributed by atoms with Gasteiger partial charge in [0.05, 0.1) is 6.61 Å². The van der Waals surface area contributed by atoms with Crippen molar-refractivity contribution in [3.05, 3.63) is 67.4 Å². The monoisotopic (exact) mass is 357 g/mol. The van der Waals surface area contributed by atoms with Gasteiger partial charge in [0, 0.05) is 17.8 Å². The molecule has 0 unspecified atom stereocenters. The van der Waals surface area contributed by atoms with Crippen LogP contribution in [0.5, 0.6) is 0 Å². The molecule has 0 fully saturated rings. The predicted molar refractivity (Wildman–Crippen MR) is 108 cm³/mol. The molecule has 0 aliphatic carbocycles. The fourth-order valence-corrected chi connectivity index (χ4v) is 1.83. The first kappa shape index (κ1) is 23.4. The Bertz CT molecular complexity index is 598. The molecule has 0 atom stereocenters. The van der Waals surface area contributed by atoms with Crippen molar-refractivity contribution >= 4 is 18.0 Å². The van der Waals surface area contributed by atoms with Gasteiger partial charge in [-0.25, -0.2) is 4.79 Å². The maximum absolute atomic E-state index is 11.7. The average molecular weight is 357 g/mol. The van der Waals surface area contributed by atoms with E-state index in [4.69, 9.17) is 0 Å². The van der Waals surface area contributed by atoms with Crippen LogP contribution in [-0.4, -0.2) is 28.9 Å². The van der Waals surface area contributed by atoms with E-state index in [2.05, 4.69) is 17.9 Å². The number of nitrogens with zero attached hydrogens (tertiary/aromatic N) is 1. The third-order valence-electron chi connectivity index (χ3n) is 3.26. The molecule has 0 aliphatic rings. The molecule has 0 aromatic heterocycles. The van der Waals surface area contributed by atoms with Crippen LogP contribution in [0.3, 0.4) is 0 Å². The first-order chi connectivity index (χ1) is 12.3. The molecule has 1 amide bonds. The second-order valence-corrected chi connectivity index (χ2v) is 6.53. The van der Waals surface area contributed by atoms with Gasteiger partial charge < -0.3 is 9.64 Å². The number of unbranched alkanes of at least 4 members (excludes halogenated alkanes) is 1. The number of carbonyl (C=O) groups excluding carboxylic acids is 2. The Balaban J connectivity index is 0.000000590. The number of hydrogen-bond acceptors (Lipinski definition) is 3. The van der Waals surface area contributed by atoms with Crippen molar-refractivity contribution in [1.29, 1.82) is 0 Å². The van der Waals surface area contributed by atoms with Crippen LogP contribution in [0.15, 0.2) is 61.8 Å². The molecular weight excluding hydrogens is 326 g/mol. The highest BCUT2D eigenvalue weighted by Gasteiger charge is 2.22. The lowest BCUT2D eigenvalue weighted by Crippen LogP contribution is -2.40. The summed E-state index contributed by atoms with van der Waals surface area (Å²) in [5.74, 6) is -0.423. The van der Waals surface area contributed by atoms with Crippen molar-refractivity contribution in [2.75, 3.05) is 6.61 Å². The molecule has 0 bridgehead atoms. The van der Waals surface area contributed by atoms with Gasteiger partial charge in [-0.2, -0.15) is 0 Å². The summed E-state index contributed by atoms with van der Waals surface area (Å²) in [5, 5.41) is 0. The Labute approximate surface area is 157 Å².